The molecule has 4 nitrogen and oxygen atoms in total. The van der Waals surface area contributed by atoms with Gasteiger partial charge in [0.2, 0.25) is 11.8 Å². The van der Waals surface area contributed by atoms with Gasteiger partial charge in [0.15, 0.2) is 0 Å². The summed E-state index contributed by atoms with van der Waals surface area (Å²) in [6.45, 7) is 1.66. The van der Waals surface area contributed by atoms with Gasteiger partial charge in [-0.3, -0.25) is 9.59 Å². The second kappa shape index (κ2) is 7.49. The van der Waals surface area contributed by atoms with Crippen LogP contribution in [0.2, 0.25) is 0 Å². The molecule has 0 spiro atoms. The Hall–Kier alpha value is -2.76. The number of hydrogen-bond acceptors (Lipinski definition) is 2. The van der Waals surface area contributed by atoms with E-state index in [0.717, 1.165) is 23.3 Å². The van der Waals surface area contributed by atoms with Crippen molar-refractivity contribution in [1.29, 1.82) is 0 Å². The maximum absolute atomic E-state index is 13.4. The van der Waals surface area contributed by atoms with Crippen LogP contribution in [0.5, 0.6) is 0 Å². The first kappa shape index (κ1) is 16.6. The monoisotopic (exact) mass is 318 g/mol. The Kier molecular flexibility index (Phi) is 5.41. The van der Waals surface area contributed by atoms with Gasteiger partial charge in [-0.2, -0.15) is 0 Å². The van der Waals surface area contributed by atoms with E-state index in [1.54, 1.807) is 0 Å². The number of benzene rings is 2. The molecule has 120 valence electrons. The van der Waals surface area contributed by atoms with E-state index < -0.39 is 17.5 Å². The predicted molar refractivity (Wildman–Crippen MR) is 82.9 cm³/mol. The fourth-order valence-electron chi connectivity index (χ4n) is 1.92. The quantitative estimate of drug-likeness (QED) is 0.890. The molecular formula is C17H16F2N2O2. The van der Waals surface area contributed by atoms with E-state index in [2.05, 4.69) is 10.6 Å². The zero-order chi connectivity index (χ0) is 16.8. The van der Waals surface area contributed by atoms with Gasteiger partial charge >= 0.3 is 0 Å². The molecule has 0 aliphatic rings. The molecule has 0 fully saturated rings. The summed E-state index contributed by atoms with van der Waals surface area (Å²) in [5, 5.41) is 4.72. The highest BCUT2D eigenvalue weighted by atomic mass is 19.1. The number of hydrogen-bond donors (Lipinski definition) is 2. The van der Waals surface area contributed by atoms with Gasteiger partial charge in [0, 0.05) is 6.07 Å². The molecule has 0 unspecified atom stereocenters. The molecular weight excluding hydrogens is 302 g/mol. The van der Waals surface area contributed by atoms with Crippen molar-refractivity contribution in [2.75, 3.05) is 11.9 Å². The first-order chi connectivity index (χ1) is 10.9. The highest BCUT2D eigenvalue weighted by molar-refractivity contribution is 5.94. The number of anilines is 1. The topological polar surface area (TPSA) is 58.2 Å². The third kappa shape index (κ3) is 5.18. The zero-order valence-electron chi connectivity index (χ0n) is 12.5. The third-order valence-electron chi connectivity index (χ3n) is 3.14. The molecule has 0 radical (unpaired) electrons. The number of carbonyl (C=O) groups is 2. The van der Waals surface area contributed by atoms with Crippen LogP contribution in [0.1, 0.15) is 11.1 Å². The Labute approximate surface area is 132 Å². The first-order valence-corrected chi connectivity index (χ1v) is 7.01. The first-order valence-electron chi connectivity index (χ1n) is 7.01. The van der Waals surface area contributed by atoms with Crippen LogP contribution in [0.15, 0.2) is 42.5 Å². The van der Waals surface area contributed by atoms with Crippen molar-refractivity contribution in [1.82, 2.24) is 5.32 Å². The second-order valence-corrected chi connectivity index (χ2v) is 5.11. The van der Waals surface area contributed by atoms with E-state index in [-0.39, 0.29) is 24.6 Å². The molecule has 6 heteroatoms. The molecule has 2 N–H and O–H groups in total. The SMILES string of the molecule is Cc1ccc(CC(=O)NCC(=O)Nc2ccc(F)cc2F)cc1. The van der Waals surface area contributed by atoms with Gasteiger partial charge in [0.05, 0.1) is 18.7 Å². The van der Waals surface area contributed by atoms with Crippen LogP contribution in [0.4, 0.5) is 14.5 Å². The van der Waals surface area contributed by atoms with Crippen LogP contribution in [0.3, 0.4) is 0 Å². The molecule has 23 heavy (non-hydrogen) atoms. The van der Waals surface area contributed by atoms with E-state index in [1.807, 2.05) is 31.2 Å². The van der Waals surface area contributed by atoms with Gasteiger partial charge < -0.3 is 10.6 Å². The maximum Gasteiger partial charge on any atom is 0.243 e. The Morgan fingerprint density at radius 3 is 2.35 bits per heavy atom. The number of carbonyl (C=O) groups excluding carboxylic acids is 2. The summed E-state index contributed by atoms with van der Waals surface area (Å²) >= 11 is 0. The summed E-state index contributed by atoms with van der Waals surface area (Å²) in [7, 11) is 0. The minimum absolute atomic E-state index is 0.135. The van der Waals surface area contributed by atoms with Crippen LogP contribution in [-0.2, 0) is 16.0 Å². The Morgan fingerprint density at radius 1 is 1.00 bits per heavy atom. The molecule has 0 saturated carbocycles. The summed E-state index contributed by atoms with van der Waals surface area (Å²) < 4.78 is 26.1. The molecule has 0 aromatic heterocycles. The summed E-state index contributed by atoms with van der Waals surface area (Å²) in [6, 6.07) is 10.3. The minimum Gasteiger partial charge on any atom is -0.347 e. The van der Waals surface area contributed by atoms with E-state index in [0.29, 0.717) is 6.07 Å². The summed E-state index contributed by atoms with van der Waals surface area (Å²) in [5.41, 5.74) is 1.79. The number of rotatable bonds is 5. The van der Waals surface area contributed by atoms with Crippen LogP contribution in [0.25, 0.3) is 0 Å². The lowest BCUT2D eigenvalue weighted by Gasteiger charge is -2.08. The smallest absolute Gasteiger partial charge is 0.243 e. The van der Waals surface area contributed by atoms with Crippen molar-refractivity contribution in [3.05, 3.63) is 65.2 Å². The van der Waals surface area contributed by atoms with Crippen molar-refractivity contribution in [3.63, 3.8) is 0 Å². The van der Waals surface area contributed by atoms with E-state index >= 15 is 0 Å². The van der Waals surface area contributed by atoms with Gasteiger partial charge in [-0.25, -0.2) is 8.78 Å². The fourth-order valence-corrected chi connectivity index (χ4v) is 1.92. The van der Waals surface area contributed by atoms with Crippen molar-refractivity contribution in [2.45, 2.75) is 13.3 Å². The number of amides is 2. The molecule has 2 amide bonds. The van der Waals surface area contributed by atoms with Crippen molar-refractivity contribution in [3.8, 4) is 0 Å². The van der Waals surface area contributed by atoms with Gasteiger partial charge in [-0.05, 0) is 24.6 Å². The van der Waals surface area contributed by atoms with Crippen molar-refractivity contribution in [2.24, 2.45) is 0 Å². The van der Waals surface area contributed by atoms with Gasteiger partial charge in [-0.1, -0.05) is 29.8 Å². The summed E-state index contributed by atoms with van der Waals surface area (Å²) in [5.74, 6) is -2.51. The van der Waals surface area contributed by atoms with Crippen molar-refractivity contribution >= 4 is 17.5 Å². The molecule has 0 atom stereocenters. The van der Waals surface area contributed by atoms with Crippen LogP contribution < -0.4 is 10.6 Å². The second-order valence-electron chi connectivity index (χ2n) is 5.11. The summed E-state index contributed by atoms with van der Waals surface area (Å²) in [6.07, 6.45) is 0.151. The number of nitrogens with one attached hydrogen (secondary N) is 2. The van der Waals surface area contributed by atoms with E-state index in [9.17, 15) is 18.4 Å². The van der Waals surface area contributed by atoms with Crippen LogP contribution >= 0.6 is 0 Å². The minimum atomic E-state index is -0.871. The Bertz CT molecular complexity index is 715. The average Bonchev–Trinajstić information content (AvgIpc) is 2.50. The van der Waals surface area contributed by atoms with Crippen LogP contribution in [0, 0.1) is 18.6 Å². The highest BCUT2D eigenvalue weighted by Gasteiger charge is 2.10. The molecule has 2 rings (SSSR count). The average molecular weight is 318 g/mol. The molecule has 2 aromatic carbocycles. The number of aryl methyl sites for hydroxylation is 1. The molecule has 0 aliphatic carbocycles. The third-order valence-corrected chi connectivity index (χ3v) is 3.14. The molecule has 0 aliphatic heterocycles. The van der Waals surface area contributed by atoms with Crippen LogP contribution in [-0.4, -0.2) is 18.4 Å². The number of halogens is 2. The summed E-state index contributed by atoms with van der Waals surface area (Å²) in [4.78, 5) is 23.4. The van der Waals surface area contributed by atoms with Gasteiger partial charge in [-0.15, -0.1) is 0 Å². The largest absolute Gasteiger partial charge is 0.347 e. The zero-order valence-corrected chi connectivity index (χ0v) is 12.5. The molecule has 0 bridgehead atoms. The van der Waals surface area contributed by atoms with E-state index in [1.165, 1.54) is 0 Å². The molecule has 2 aromatic rings. The van der Waals surface area contributed by atoms with Gasteiger partial charge in [0.1, 0.15) is 11.6 Å². The molecule has 0 heterocycles. The standard InChI is InChI=1S/C17H16F2N2O2/c1-11-2-4-12(5-3-11)8-16(22)20-10-17(23)21-15-7-6-13(18)9-14(15)19/h2-7,9H,8,10H2,1H3,(H,20,22)(H,21,23). The normalized spacial score (nSPS) is 10.2. The van der Waals surface area contributed by atoms with Crippen molar-refractivity contribution < 1.29 is 18.4 Å². The lowest BCUT2D eigenvalue weighted by molar-refractivity contribution is -0.123. The lowest BCUT2D eigenvalue weighted by atomic mass is 10.1. The predicted octanol–water partition coefficient (Wildman–Crippen LogP) is 2.57. The Morgan fingerprint density at radius 2 is 1.70 bits per heavy atom. The highest BCUT2D eigenvalue weighted by Crippen LogP contribution is 2.14. The van der Waals surface area contributed by atoms with Gasteiger partial charge in [0.25, 0.3) is 0 Å². The Balaban J connectivity index is 1.81. The molecule has 0 saturated heterocycles. The van der Waals surface area contributed by atoms with E-state index in [4.69, 9.17) is 0 Å². The maximum atomic E-state index is 13.4. The lowest BCUT2D eigenvalue weighted by Crippen LogP contribution is -2.33. The fraction of sp³-hybridized carbons (Fsp3) is 0.176.